The molecule has 2 heteroatoms. The number of allylic oxidation sites excluding steroid dienone is 3. The number of hydrogen-bond donors (Lipinski definition) is 0. The Hall–Kier alpha value is -1.31. The maximum Gasteiger partial charge on any atom is 0.0270 e. The van der Waals surface area contributed by atoms with Gasteiger partial charge in [0.05, 0.1) is 0 Å². The first-order valence-corrected chi connectivity index (χ1v) is 4.76. The first-order valence-electron chi connectivity index (χ1n) is 4.76. The second kappa shape index (κ2) is 7.13. The van der Waals surface area contributed by atoms with Gasteiger partial charge in [0.1, 0.15) is 0 Å². The molecule has 0 aliphatic rings. The molecule has 0 spiro atoms. The van der Waals surface area contributed by atoms with E-state index in [1.54, 1.807) is 6.21 Å². The van der Waals surface area contributed by atoms with Crippen molar-refractivity contribution in [2.24, 2.45) is 10.9 Å². The summed E-state index contributed by atoms with van der Waals surface area (Å²) in [4.78, 5) is 5.95. The Labute approximate surface area is 87.3 Å². The highest BCUT2D eigenvalue weighted by Crippen LogP contribution is 2.10. The Balaban J connectivity index is 4.51. The molecular weight excluding hydrogens is 172 g/mol. The maximum absolute atomic E-state index is 3.94. The first-order chi connectivity index (χ1) is 6.57. The molecule has 14 heavy (non-hydrogen) atoms. The molecule has 0 fully saturated rings. The van der Waals surface area contributed by atoms with E-state index in [0.717, 1.165) is 0 Å². The summed E-state index contributed by atoms with van der Waals surface area (Å²) in [5.74, 6) is 0.502. The van der Waals surface area contributed by atoms with Crippen LogP contribution in [0.5, 0.6) is 0 Å². The minimum absolute atomic E-state index is 0.502. The van der Waals surface area contributed by atoms with Crippen LogP contribution in [0.15, 0.2) is 41.7 Å². The lowest BCUT2D eigenvalue weighted by Gasteiger charge is -2.08. The summed E-state index contributed by atoms with van der Waals surface area (Å²) in [6.45, 7) is 7.84. The molecule has 0 amide bonds. The molecule has 0 aromatic heterocycles. The van der Waals surface area contributed by atoms with Crippen molar-refractivity contribution in [3.8, 4) is 0 Å². The molecule has 78 valence electrons. The summed E-state index contributed by atoms with van der Waals surface area (Å²) in [5.41, 5.74) is 1.25. The molecule has 0 radical (unpaired) electrons. The molecule has 0 N–H and O–H groups in total. The van der Waals surface area contributed by atoms with Crippen molar-refractivity contribution in [3.63, 3.8) is 0 Å². The van der Waals surface area contributed by atoms with Gasteiger partial charge in [0.2, 0.25) is 0 Å². The van der Waals surface area contributed by atoms with Crippen LogP contribution in [0, 0.1) is 5.92 Å². The number of aliphatic imine (C=N–C) groups is 1. The van der Waals surface area contributed by atoms with Gasteiger partial charge in [-0.1, -0.05) is 20.4 Å². The van der Waals surface area contributed by atoms with Gasteiger partial charge in [-0.05, 0) is 29.8 Å². The second-order valence-corrected chi connectivity index (χ2v) is 3.58. The number of hydrogen-bond acceptors (Lipinski definition) is 2. The lowest BCUT2D eigenvalue weighted by atomic mass is 10.0. The van der Waals surface area contributed by atoms with Crippen LogP contribution in [-0.2, 0) is 0 Å². The lowest BCUT2D eigenvalue weighted by Crippen LogP contribution is -2.01. The van der Waals surface area contributed by atoms with Gasteiger partial charge in [-0.3, -0.25) is 4.99 Å². The summed E-state index contributed by atoms with van der Waals surface area (Å²) in [6.07, 6.45) is 9.44. The zero-order valence-electron chi connectivity index (χ0n) is 9.57. The molecule has 0 aromatic rings. The van der Waals surface area contributed by atoms with Crippen LogP contribution in [0.4, 0.5) is 0 Å². The highest BCUT2D eigenvalue weighted by molar-refractivity contribution is 5.73. The van der Waals surface area contributed by atoms with Crippen molar-refractivity contribution in [3.05, 3.63) is 36.7 Å². The van der Waals surface area contributed by atoms with Crippen molar-refractivity contribution in [2.45, 2.75) is 13.8 Å². The van der Waals surface area contributed by atoms with Crippen molar-refractivity contribution in [1.82, 2.24) is 4.90 Å². The van der Waals surface area contributed by atoms with E-state index in [1.165, 1.54) is 11.8 Å². The van der Waals surface area contributed by atoms with E-state index in [0.29, 0.717) is 5.92 Å². The molecule has 2 nitrogen and oxygen atoms in total. The fourth-order valence-corrected chi connectivity index (χ4v) is 0.866. The Morgan fingerprint density at radius 1 is 1.36 bits per heavy atom. The van der Waals surface area contributed by atoms with Gasteiger partial charge in [-0.2, -0.15) is 0 Å². The molecule has 0 aliphatic carbocycles. The summed E-state index contributed by atoms with van der Waals surface area (Å²) >= 11 is 0. The van der Waals surface area contributed by atoms with Crippen LogP contribution >= 0.6 is 0 Å². The van der Waals surface area contributed by atoms with Crippen LogP contribution in [-0.4, -0.2) is 25.2 Å². The van der Waals surface area contributed by atoms with Crippen LogP contribution in [0.3, 0.4) is 0 Å². The van der Waals surface area contributed by atoms with E-state index in [4.69, 9.17) is 0 Å². The zero-order valence-corrected chi connectivity index (χ0v) is 9.57. The van der Waals surface area contributed by atoms with E-state index in [2.05, 4.69) is 31.5 Å². The van der Waals surface area contributed by atoms with Crippen molar-refractivity contribution < 1.29 is 0 Å². The van der Waals surface area contributed by atoms with Gasteiger partial charge in [-0.15, -0.1) is 0 Å². The van der Waals surface area contributed by atoms with Crippen molar-refractivity contribution in [1.29, 1.82) is 0 Å². The first kappa shape index (κ1) is 12.7. The largest absolute Gasteiger partial charge is 0.383 e. The molecular formula is C12H20N2. The van der Waals surface area contributed by atoms with E-state index in [1.807, 2.05) is 31.3 Å². The standard InChI is InChI=1S/C12H20N2/c1-6-13-9-7-12(11(2)3)8-10-14(4)5/h6-11H,1H2,2-5H3/b10-8+,12-7-,13-9-. The van der Waals surface area contributed by atoms with Crippen LogP contribution < -0.4 is 0 Å². The topological polar surface area (TPSA) is 15.6 Å². The van der Waals surface area contributed by atoms with E-state index in [-0.39, 0.29) is 0 Å². The summed E-state index contributed by atoms with van der Waals surface area (Å²) < 4.78 is 0. The molecule has 0 saturated carbocycles. The fraction of sp³-hybridized carbons (Fsp3) is 0.417. The van der Waals surface area contributed by atoms with Gasteiger partial charge in [0.25, 0.3) is 0 Å². The third kappa shape index (κ3) is 6.23. The van der Waals surface area contributed by atoms with E-state index in [9.17, 15) is 0 Å². The molecule has 0 atom stereocenters. The normalized spacial score (nSPS) is 13.1. The van der Waals surface area contributed by atoms with Crippen molar-refractivity contribution >= 4 is 6.21 Å². The maximum atomic E-state index is 3.94. The van der Waals surface area contributed by atoms with Gasteiger partial charge < -0.3 is 4.90 Å². The highest BCUT2D eigenvalue weighted by Gasteiger charge is 1.97. The third-order valence-corrected chi connectivity index (χ3v) is 1.69. The SMILES string of the molecule is C=C\N=C/C=C(/C=C/N(C)C)C(C)C. The Morgan fingerprint density at radius 2 is 2.00 bits per heavy atom. The predicted molar refractivity (Wildman–Crippen MR) is 64.4 cm³/mol. The van der Waals surface area contributed by atoms with Crippen LogP contribution in [0.2, 0.25) is 0 Å². The molecule has 0 bridgehead atoms. The van der Waals surface area contributed by atoms with Gasteiger partial charge in [0, 0.05) is 26.5 Å². The van der Waals surface area contributed by atoms with E-state index >= 15 is 0 Å². The zero-order chi connectivity index (χ0) is 11.0. The average molecular weight is 192 g/mol. The molecule has 0 heterocycles. The molecule has 0 rings (SSSR count). The number of nitrogens with zero attached hydrogens (tertiary/aromatic N) is 2. The van der Waals surface area contributed by atoms with Gasteiger partial charge >= 0.3 is 0 Å². The summed E-state index contributed by atoms with van der Waals surface area (Å²) in [6, 6.07) is 0. The Morgan fingerprint density at radius 3 is 2.43 bits per heavy atom. The lowest BCUT2D eigenvalue weighted by molar-refractivity contribution is 0.562. The smallest absolute Gasteiger partial charge is 0.0270 e. The highest BCUT2D eigenvalue weighted by atomic mass is 15.0. The van der Waals surface area contributed by atoms with Gasteiger partial charge in [-0.25, -0.2) is 0 Å². The van der Waals surface area contributed by atoms with E-state index < -0.39 is 0 Å². The van der Waals surface area contributed by atoms with Crippen molar-refractivity contribution in [2.75, 3.05) is 14.1 Å². The predicted octanol–water partition coefficient (Wildman–Crippen LogP) is 2.86. The Bertz CT molecular complexity index is 245. The third-order valence-electron chi connectivity index (χ3n) is 1.69. The molecule has 0 saturated heterocycles. The second-order valence-electron chi connectivity index (χ2n) is 3.58. The monoisotopic (exact) mass is 192 g/mol. The average Bonchev–Trinajstić information content (AvgIpc) is 2.10. The Kier molecular flexibility index (Phi) is 6.46. The van der Waals surface area contributed by atoms with Gasteiger partial charge in [0.15, 0.2) is 0 Å². The quantitative estimate of drug-likeness (QED) is 0.483. The summed E-state index contributed by atoms with van der Waals surface area (Å²) in [5, 5.41) is 0. The number of rotatable bonds is 5. The minimum atomic E-state index is 0.502. The molecule has 0 aromatic carbocycles. The van der Waals surface area contributed by atoms with Crippen LogP contribution in [0.25, 0.3) is 0 Å². The minimum Gasteiger partial charge on any atom is -0.383 e. The molecule has 0 unspecified atom stereocenters. The van der Waals surface area contributed by atoms with Crippen LogP contribution in [0.1, 0.15) is 13.8 Å². The molecule has 0 aliphatic heterocycles. The fourth-order valence-electron chi connectivity index (χ4n) is 0.866. The summed E-state index contributed by atoms with van der Waals surface area (Å²) in [7, 11) is 4.01.